The summed E-state index contributed by atoms with van der Waals surface area (Å²) in [4.78, 5) is 28.2. The molecule has 1 aromatic carbocycles. The summed E-state index contributed by atoms with van der Waals surface area (Å²) in [6, 6.07) is 11.7. The molecule has 116 valence electrons. The molecule has 0 aliphatic rings. The fraction of sp³-hybridized carbons (Fsp3) is 0.176. The lowest BCUT2D eigenvalue weighted by Gasteiger charge is -2.08. The third-order valence-electron chi connectivity index (χ3n) is 3.09. The first-order chi connectivity index (χ1) is 11.2. The molecule has 0 saturated carbocycles. The Morgan fingerprint density at radius 3 is 2.74 bits per heavy atom. The standard InChI is InChI=1S/C17H16N4O2/c1-2-8-20-16(22)12-7-9-19-15(10-12)17(23)21-14-6-4-3-5-13(14)11-18/h3-7,9-10H,2,8H2,1H3,(H,20,22)(H,21,23). The fourth-order valence-corrected chi connectivity index (χ4v) is 1.91. The highest BCUT2D eigenvalue weighted by molar-refractivity contribution is 6.05. The number of pyridine rings is 1. The van der Waals surface area contributed by atoms with Gasteiger partial charge in [0.05, 0.1) is 11.3 Å². The number of nitrogens with one attached hydrogen (secondary N) is 2. The van der Waals surface area contributed by atoms with Crippen LogP contribution in [0.2, 0.25) is 0 Å². The van der Waals surface area contributed by atoms with E-state index in [1.165, 1.54) is 12.3 Å². The zero-order chi connectivity index (χ0) is 16.7. The number of amides is 2. The van der Waals surface area contributed by atoms with Gasteiger partial charge in [-0.3, -0.25) is 14.6 Å². The smallest absolute Gasteiger partial charge is 0.274 e. The van der Waals surface area contributed by atoms with Gasteiger partial charge in [0.15, 0.2) is 0 Å². The third kappa shape index (κ3) is 4.14. The number of carbonyl (C=O) groups excluding carboxylic acids is 2. The van der Waals surface area contributed by atoms with Crippen molar-refractivity contribution in [2.45, 2.75) is 13.3 Å². The first-order valence-electron chi connectivity index (χ1n) is 7.20. The molecule has 0 radical (unpaired) electrons. The quantitative estimate of drug-likeness (QED) is 0.886. The molecule has 6 nitrogen and oxygen atoms in total. The maximum absolute atomic E-state index is 12.3. The Bertz CT molecular complexity index is 765. The molecule has 0 bridgehead atoms. The summed E-state index contributed by atoms with van der Waals surface area (Å²) in [5, 5.41) is 14.4. The molecular weight excluding hydrogens is 292 g/mol. The van der Waals surface area contributed by atoms with E-state index >= 15 is 0 Å². The number of para-hydroxylation sites is 1. The maximum Gasteiger partial charge on any atom is 0.274 e. The molecule has 2 rings (SSSR count). The second-order valence-corrected chi connectivity index (χ2v) is 4.80. The molecule has 0 aliphatic heterocycles. The Morgan fingerprint density at radius 1 is 1.22 bits per heavy atom. The molecule has 2 aromatic rings. The van der Waals surface area contributed by atoms with Gasteiger partial charge in [0.1, 0.15) is 11.8 Å². The van der Waals surface area contributed by atoms with Crippen molar-refractivity contribution in [3.63, 3.8) is 0 Å². The number of rotatable bonds is 5. The summed E-state index contributed by atoms with van der Waals surface area (Å²) in [7, 11) is 0. The van der Waals surface area contributed by atoms with Crippen LogP contribution in [0.4, 0.5) is 5.69 Å². The minimum Gasteiger partial charge on any atom is -0.352 e. The lowest BCUT2D eigenvalue weighted by Crippen LogP contribution is -2.24. The van der Waals surface area contributed by atoms with Gasteiger partial charge in [-0.05, 0) is 30.7 Å². The molecule has 1 aromatic heterocycles. The average molecular weight is 308 g/mol. The predicted octanol–water partition coefficient (Wildman–Crippen LogP) is 2.35. The number of aromatic nitrogens is 1. The van der Waals surface area contributed by atoms with E-state index in [2.05, 4.69) is 15.6 Å². The minimum atomic E-state index is -0.474. The summed E-state index contributed by atoms with van der Waals surface area (Å²) >= 11 is 0. The van der Waals surface area contributed by atoms with Crippen molar-refractivity contribution in [3.8, 4) is 6.07 Å². The monoisotopic (exact) mass is 308 g/mol. The van der Waals surface area contributed by atoms with Crippen LogP contribution in [0.1, 0.15) is 39.8 Å². The number of nitrogens with zero attached hydrogens (tertiary/aromatic N) is 2. The largest absolute Gasteiger partial charge is 0.352 e. The molecule has 6 heteroatoms. The van der Waals surface area contributed by atoms with E-state index in [9.17, 15) is 9.59 Å². The van der Waals surface area contributed by atoms with Gasteiger partial charge < -0.3 is 10.6 Å². The van der Waals surface area contributed by atoms with Crippen LogP contribution in [0.3, 0.4) is 0 Å². The van der Waals surface area contributed by atoms with Gasteiger partial charge in [0.2, 0.25) is 0 Å². The van der Waals surface area contributed by atoms with Crippen molar-refractivity contribution < 1.29 is 9.59 Å². The van der Waals surface area contributed by atoms with Gasteiger partial charge in [-0.2, -0.15) is 5.26 Å². The van der Waals surface area contributed by atoms with Crippen LogP contribution in [-0.4, -0.2) is 23.3 Å². The average Bonchev–Trinajstić information content (AvgIpc) is 2.60. The topological polar surface area (TPSA) is 94.9 Å². The molecule has 2 amide bonds. The zero-order valence-electron chi connectivity index (χ0n) is 12.7. The van der Waals surface area contributed by atoms with Crippen LogP contribution in [0.5, 0.6) is 0 Å². The Balaban J connectivity index is 2.17. The molecule has 23 heavy (non-hydrogen) atoms. The molecule has 0 aliphatic carbocycles. The number of hydrogen-bond donors (Lipinski definition) is 2. The number of anilines is 1. The van der Waals surface area contributed by atoms with E-state index in [4.69, 9.17) is 5.26 Å². The highest BCUT2D eigenvalue weighted by Gasteiger charge is 2.13. The van der Waals surface area contributed by atoms with Crippen LogP contribution in [-0.2, 0) is 0 Å². The van der Waals surface area contributed by atoms with E-state index in [1.54, 1.807) is 30.3 Å². The fourth-order valence-electron chi connectivity index (χ4n) is 1.91. The Labute approximate surface area is 134 Å². The normalized spacial score (nSPS) is 9.74. The highest BCUT2D eigenvalue weighted by atomic mass is 16.2. The molecule has 0 saturated heterocycles. The summed E-state index contributed by atoms with van der Waals surface area (Å²) < 4.78 is 0. The lowest BCUT2D eigenvalue weighted by molar-refractivity contribution is 0.0953. The first-order valence-corrected chi connectivity index (χ1v) is 7.20. The van der Waals surface area contributed by atoms with Crippen LogP contribution >= 0.6 is 0 Å². The van der Waals surface area contributed by atoms with Crippen molar-refractivity contribution in [2.75, 3.05) is 11.9 Å². The number of nitriles is 1. The van der Waals surface area contributed by atoms with Gasteiger partial charge >= 0.3 is 0 Å². The number of hydrogen-bond acceptors (Lipinski definition) is 4. The second kappa shape index (κ2) is 7.71. The Morgan fingerprint density at radius 2 is 2.00 bits per heavy atom. The van der Waals surface area contributed by atoms with Crippen molar-refractivity contribution in [3.05, 3.63) is 59.4 Å². The number of benzene rings is 1. The van der Waals surface area contributed by atoms with Crippen molar-refractivity contribution in [1.82, 2.24) is 10.3 Å². The van der Waals surface area contributed by atoms with Crippen LogP contribution in [0.15, 0.2) is 42.6 Å². The highest BCUT2D eigenvalue weighted by Crippen LogP contribution is 2.14. The summed E-state index contributed by atoms with van der Waals surface area (Å²) in [5.74, 6) is -0.724. The summed E-state index contributed by atoms with van der Waals surface area (Å²) in [6.07, 6.45) is 2.24. The molecule has 0 atom stereocenters. The van der Waals surface area contributed by atoms with E-state index < -0.39 is 5.91 Å². The summed E-state index contributed by atoms with van der Waals surface area (Å²) in [6.45, 7) is 2.52. The van der Waals surface area contributed by atoms with Gasteiger partial charge in [-0.1, -0.05) is 19.1 Å². The molecule has 0 spiro atoms. The second-order valence-electron chi connectivity index (χ2n) is 4.80. The molecular formula is C17H16N4O2. The van der Waals surface area contributed by atoms with Crippen molar-refractivity contribution in [1.29, 1.82) is 5.26 Å². The number of carbonyl (C=O) groups is 2. The SMILES string of the molecule is CCCNC(=O)c1ccnc(C(=O)Nc2ccccc2C#N)c1. The molecule has 2 N–H and O–H groups in total. The van der Waals surface area contributed by atoms with Gasteiger partial charge in [0.25, 0.3) is 11.8 Å². The first kappa shape index (κ1) is 16.2. The van der Waals surface area contributed by atoms with E-state index in [-0.39, 0.29) is 11.6 Å². The molecule has 0 fully saturated rings. The van der Waals surface area contributed by atoms with E-state index in [1.807, 2.05) is 13.0 Å². The lowest BCUT2D eigenvalue weighted by atomic mass is 10.1. The maximum atomic E-state index is 12.3. The predicted molar refractivity (Wildman–Crippen MR) is 86.0 cm³/mol. The summed E-state index contributed by atoms with van der Waals surface area (Å²) in [5.41, 5.74) is 1.24. The van der Waals surface area contributed by atoms with Crippen molar-refractivity contribution in [2.24, 2.45) is 0 Å². The Hall–Kier alpha value is -3.20. The van der Waals surface area contributed by atoms with Crippen molar-refractivity contribution >= 4 is 17.5 Å². The minimum absolute atomic E-state index is 0.113. The zero-order valence-corrected chi connectivity index (χ0v) is 12.7. The molecule has 1 heterocycles. The van der Waals surface area contributed by atoms with Gasteiger partial charge in [-0.25, -0.2) is 0 Å². The van der Waals surface area contributed by atoms with E-state index in [0.717, 1.165) is 6.42 Å². The van der Waals surface area contributed by atoms with Gasteiger partial charge in [-0.15, -0.1) is 0 Å². The van der Waals surface area contributed by atoms with Crippen LogP contribution in [0, 0.1) is 11.3 Å². The van der Waals surface area contributed by atoms with Gasteiger partial charge in [0, 0.05) is 18.3 Å². The van der Waals surface area contributed by atoms with Crippen LogP contribution in [0.25, 0.3) is 0 Å². The Kier molecular flexibility index (Phi) is 5.42. The third-order valence-corrected chi connectivity index (χ3v) is 3.09. The van der Waals surface area contributed by atoms with E-state index in [0.29, 0.717) is 23.4 Å². The van der Waals surface area contributed by atoms with Crippen LogP contribution < -0.4 is 10.6 Å². The molecule has 0 unspecified atom stereocenters.